The first-order chi connectivity index (χ1) is 12.3. The number of alkyl halides is 3. The highest BCUT2D eigenvalue weighted by Crippen LogP contribution is 2.36. The fourth-order valence-corrected chi connectivity index (χ4v) is 3.49. The Labute approximate surface area is 155 Å². The largest absolute Gasteiger partial charge is 0.416 e. The summed E-state index contributed by atoms with van der Waals surface area (Å²) in [4.78, 5) is 12.3. The number of anilines is 1. The molecular formula is C20H19ClF3NO. The fraction of sp³-hybridized carbons (Fsp3) is 0.350. The summed E-state index contributed by atoms with van der Waals surface area (Å²) in [6.07, 6.45) is 0.715. The van der Waals surface area contributed by atoms with Crippen molar-refractivity contribution in [3.63, 3.8) is 0 Å². The van der Waals surface area contributed by atoms with E-state index in [-0.39, 0.29) is 16.8 Å². The first-order valence-corrected chi connectivity index (χ1v) is 9.00. The molecule has 0 bridgehead atoms. The highest BCUT2D eigenvalue weighted by molar-refractivity contribution is 6.33. The van der Waals surface area contributed by atoms with E-state index in [9.17, 15) is 18.0 Å². The van der Waals surface area contributed by atoms with Crippen molar-refractivity contribution in [2.24, 2.45) is 5.92 Å². The van der Waals surface area contributed by atoms with Crippen LogP contribution in [-0.4, -0.2) is 5.91 Å². The molecule has 1 N–H and O–H groups in total. The molecule has 2 aromatic rings. The molecule has 1 saturated carbocycles. The van der Waals surface area contributed by atoms with Crippen LogP contribution >= 0.6 is 11.6 Å². The molecule has 0 saturated heterocycles. The Hall–Kier alpha value is -2.01. The van der Waals surface area contributed by atoms with Gasteiger partial charge in [0.15, 0.2) is 0 Å². The van der Waals surface area contributed by atoms with E-state index in [1.54, 1.807) is 24.3 Å². The van der Waals surface area contributed by atoms with Crippen molar-refractivity contribution >= 4 is 23.2 Å². The molecule has 138 valence electrons. The topological polar surface area (TPSA) is 29.1 Å². The number of nitrogens with one attached hydrogen (secondary N) is 1. The van der Waals surface area contributed by atoms with Gasteiger partial charge in [-0.05, 0) is 48.7 Å². The highest BCUT2D eigenvalue weighted by Gasteiger charge is 2.31. The molecule has 0 unspecified atom stereocenters. The van der Waals surface area contributed by atoms with Crippen LogP contribution in [0.3, 0.4) is 0 Å². The smallest absolute Gasteiger partial charge is 0.326 e. The summed E-state index contributed by atoms with van der Waals surface area (Å²) >= 11 is 6.07. The molecule has 1 fully saturated rings. The van der Waals surface area contributed by atoms with Crippen molar-refractivity contribution in [2.45, 2.75) is 38.3 Å². The molecule has 0 atom stereocenters. The number of hydrogen-bond donors (Lipinski definition) is 1. The minimum Gasteiger partial charge on any atom is -0.326 e. The predicted molar refractivity (Wildman–Crippen MR) is 97.1 cm³/mol. The Bertz CT molecular complexity index is 781. The number of carbonyl (C=O) groups excluding carboxylic acids is 1. The van der Waals surface area contributed by atoms with Crippen LogP contribution in [-0.2, 0) is 11.0 Å². The van der Waals surface area contributed by atoms with Gasteiger partial charge < -0.3 is 5.32 Å². The van der Waals surface area contributed by atoms with E-state index >= 15 is 0 Å². The number of amides is 1. The Balaban J connectivity index is 1.76. The summed E-state index contributed by atoms with van der Waals surface area (Å²) in [6, 6.07) is 9.95. The van der Waals surface area contributed by atoms with Gasteiger partial charge in [0, 0.05) is 22.2 Å². The standard InChI is InChI=1S/C20H19ClF3NO/c21-18-11-8-15(20(22,23)24)12-17(18)13-6-9-16(10-7-13)25-19(26)14-4-2-1-3-5-14/h6-12,14H,1-5H2,(H,25,26). The first kappa shape index (κ1) is 18.8. The Kier molecular flexibility index (Phi) is 5.56. The average Bonchev–Trinajstić information content (AvgIpc) is 2.62. The average molecular weight is 382 g/mol. The summed E-state index contributed by atoms with van der Waals surface area (Å²) in [5.74, 6) is 0.0517. The molecule has 0 heterocycles. The van der Waals surface area contributed by atoms with E-state index < -0.39 is 11.7 Å². The van der Waals surface area contributed by atoms with E-state index in [0.29, 0.717) is 16.8 Å². The van der Waals surface area contributed by atoms with Gasteiger partial charge in [-0.25, -0.2) is 0 Å². The lowest BCUT2D eigenvalue weighted by Gasteiger charge is -2.20. The van der Waals surface area contributed by atoms with Crippen LogP contribution in [0.5, 0.6) is 0 Å². The summed E-state index contributed by atoms with van der Waals surface area (Å²) in [5, 5.41) is 3.14. The molecule has 0 aromatic heterocycles. The molecule has 2 nitrogen and oxygen atoms in total. The zero-order valence-corrected chi connectivity index (χ0v) is 14.8. The lowest BCUT2D eigenvalue weighted by Crippen LogP contribution is -2.24. The fourth-order valence-electron chi connectivity index (χ4n) is 3.27. The van der Waals surface area contributed by atoms with E-state index in [0.717, 1.165) is 37.8 Å². The van der Waals surface area contributed by atoms with Gasteiger partial charge in [0.25, 0.3) is 0 Å². The van der Waals surface area contributed by atoms with Gasteiger partial charge in [-0.15, -0.1) is 0 Å². The maximum atomic E-state index is 12.9. The van der Waals surface area contributed by atoms with Crippen LogP contribution in [0.2, 0.25) is 5.02 Å². The normalized spacial score (nSPS) is 15.7. The molecule has 26 heavy (non-hydrogen) atoms. The molecule has 3 rings (SSSR count). The van der Waals surface area contributed by atoms with Gasteiger partial charge in [-0.3, -0.25) is 4.79 Å². The van der Waals surface area contributed by atoms with Crippen molar-refractivity contribution in [2.75, 3.05) is 5.32 Å². The molecule has 0 spiro atoms. The number of hydrogen-bond acceptors (Lipinski definition) is 1. The monoisotopic (exact) mass is 381 g/mol. The molecule has 1 aliphatic carbocycles. The second-order valence-electron chi connectivity index (χ2n) is 6.59. The van der Waals surface area contributed by atoms with Crippen molar-refractivity contribution in [1.82, 2.24) is 0 Å². The van der Waals surface area contributed by atoms with Gasteiger partial charge in [0.05, 0.1) is 5.56 Å². The van der Waals surface area contributed by atoms with E-state index in [1.807, 2.05) is 0 Å². The number of benzene rings is 2. The quantitative estimate of drug-likeness (QED) is 0.642. The van der Waals surface area contributed by atoms with E-state index in [1.165, 1.54) is 12.5 Å². The second kappa shape index (κ2) is 7.70. The number of rotatable bonds is 3. The predicted octanol–water partition coefficient (Wildman–Crippen LogP) is 6.54. The molecule has 2 aromatic carbocycles. The summed E-state index contributed by atoms with van der Waals surface area (Å²) < 4.78 is 38.7. The SMILES string of the molecule is O=C(Nc1ccc(-c2cc(C(F)(F)F)ccc2Cl)cc1)C1CCCCC1. The minimum absolute atomic E-state index is 0.00884. The molecule has 1 amide bonds. The van der Waals surface area contributed by atoms with Crippen LogP contribution in [0.4, 0.5) is 18.9 Å². The first-order valence-electron chi connectivity index (χ1n) is 8.62. The zero-order chi connectivity index (χ0) is 18.7. The van der Waals surface area contributed by atoms with Crippen molar-refractivity contribution in [1.29, 1.82) is 0 Å². The summed E-state index contributed by atoms with van der Waals surface area (Å²) in [6.45, 7) is 0. The lowest BCUT2D eigenvalue weighted by molar-refractivity contribution is -0.137. The lowest BCUT2D eigenvalue weighted by atomic mass is 9.88. The molecule has 6 heteroatoms. The van der Waals surface area contributed by atoms with Crippen molar-refractivity contribution in [3.05, 3.63) is 53.1 Å². The third kappa shape index (κ3) is 4.39. The highest BCUT2D eigenvalue weighted by atomic mass is 35.5. The van der Waals surface area contributed by atoms with Crippen LogP contribution in [0, 0.1) is 5.92 Å². The number of halogens is 4. The van der Waals surface area contributed by atoms with Crippen LogP contribution in [0.15, 0.2) is 42.5 Å². The maximum Gasteiger partial charge on any atom is 0.416 e. The van der Waals surface area contributed by atoms with E-state index in [4.69, 9.17) is 11.6 Å². The van der Waals surface area contributed by atoms with Crippen LogP contribution in [0.25, 0.3) is 11.1 Å². The summed E-state index contributed by atoms with van der Waals surface area (Å²) in [7, 11) is 0. The second-order valence-corrected chi connectivity index (χ2v) is 7.00. The van der Waals surface area contributed by atoms with Gasteiger partial charge in [0.2, 0.25) is 5.91 Å². The third-order valence-electron chi connectivity index (χ3n) is 4.73. The van der Waals surface area contributed by atoms with Gasteiger partial charge >= 0.3 is 6.18 Å². The molecule has 0 radical (unpaired) electrons. The van der Waals surface area contributed by atoms with E-state index in [2.05, 4.69) is 5.32 Å². The van der Waals surface area contributed by atoms with Gasteiger partial charge in [-0.1, -0.05) is 43.0 Å². The van der Waals surface area contributed by atoms with Gasteiger partial charge in [0.1, 0.15) is 0 Å². The van der Waals surface area contributed by atoms with Crippen LogP contribution < -0.4 is 5.32 Å². The van der Waals surface area contributed by atoms with Crippen molar-refractivity contribution < 1.29 is 18.0 Å². The molecule has 1 aliphatic rings. The molecular weight excluding hydrogens is 363 g/mol. The zero-order valence-electron chi connectivity index (χ0n) is 14.1. The Morgan fingerprint density at radius 2 is 1.65 bits per heavy atom. The van der Waals surface area contributed by atoms with Crippen molar-refractivity contribution in [3.8, 4) is 11.1 Å². The summed E-state index contributed by atoms with van der Waals surface area (Å²) in [5.41, 5.74) is 0.766. The third-order valence-corrected chi connectivity index (χ3v) is 5.06. The van der Waals surface area contributed by atoms with Crippen LogP contribution in [0.1, 0.15) is 37.7 Å². The Morgan fingerprint density at radius 3 is 2.27 bits per heavy atom. The number of carbonyl (C=O) groups is 1. The molecule has 0 aliphatic heterocycles. The van der Waals surface area contributed by atoms with Gasteiger partial charge in [-0.2, -0.15) is 13.2 Å². The maximum absolute atomic E-state index is 12.9. The minimum atomic E-state index is -4.42. The Morgan fingerprint density at radius 1 is 1.00 bits per heavy atom.